The van der Waals surface area contributed by atoms with Crippen LogP contribution in [0.25, 0.3) is 10.9 Å². The summed E-state index contributed by atoms with van der Waals surface area (Å²) in [5.74, 6) is -0.403. The number of aromatic nitrogens is 1. The van der Waals surface area contributed by atoms with Gasteiger partial charge in [-0.15, -0.1) is 0 Å². The van der Waals surface area contributed by atoms with E-state index in [2.05, 4.69) is 4.98 Å². The second kappa shape index (κ2) is 4.51. The van der Waals surface area contributed by atoms with Crippen molar-refractivity contribution < 1.29 is 14.6 Å². The number of ether oxygens (including phenoxy) is 1. The number of rotatable bonds is 2. The highest BCUT2D eigenvalue weighted by molar-refractivity contribution is 6.03. The number of pyridine rings is 1. The predicted molar refractivity (Wildman–Crippen MR) is 63.7 cm³/mol. The van der Waals surface area contributed by atoms with E-state index in [4.69, 9.17) is 4.74 Å². The van der Waals surface area contributed by atoms with Crippen molar-refractivity contribution in [3.63, 3.8) is 0 Å². The number of carbonyl (C=O) groups is 1. The summed E-state index contributed by atoms with van der Waals surface area (Å²) in [5, 5.41) is 10.2. The third-order valence-electron chi connectivity index (χ3n) is 2.65. The maximum absolute atomic E-state index is 11.6. The van der Waals surface area contributed by atoms with Crippen LogP contribution in [0.1, 0.15) is 28.9 Å². The van der Waals surface area contributed by atoms with E-state index in [0.717, 1.165) is 5.56 Å². The molecule has 0 aliphatic heterocycles. The first-order chi connectivity index (χ1) is 8.13. The number of benzene rings is 1. The average Bonchev–Trinajstić information content (AvgIpc) is 2.36. The van der Waals surface area contributed by atoms with Gasteiger partial charge < -0.3 is 9.84 Å². The number of methoxy groups -OCH3 is 1. The topological polar surface area (TPSA) is 59.4 Å². The van der Waals surface area contributed by atoms with Gasteiger partial charge in [-0.25, -0.2) is 4.79 Å². The summed E-state index contributed by atoms with van der Waals surface area (Å²) in [6.45, 7) is 1.68. The fraction of sp³-hybridized carbons (Fsp3) is 0.231. The molecule has 1 N–H and O–H groups in total. The Hall–Kier alpha value is -1.94. The summed E-state index contributed by atoms with van der Waals surface area (Å²) in [4.78, 5) is 15.8. The molecule has 1 aromatic carbocycles. The number of nitrogens with zero attached hydrogens (tertiary/aromatic N) is 1. The molecule has 88 valence electrons. The van der Waals surface area contributed by atoms with E-state index in [0.29, 0.717) is 16.5 Å². The summed E-state index contributed by atoms with van der Waals surface area (Å²) < 4.78 is 4.72. The normalized spacial score (nSPS) is 12.4. The molecule has 1 atom stereocenters. The molecule has 2 aromatic rings. The van der Waals surface area contributed by atoms with Gasteiger partial charge in [0.25, 0.3) is 0 Å². The molecule has 0 bridgehead atoms. The molecule has 17 heavy (non-hydrogen) atoms. The van der Waals surface area contributed by atoms with E-state index < -0.39 is 12.1 Å². The SMILES string of the molecule is COC(=O)c1ccnc2ccc([C@@H](C)O)cc12. The van der Waals surface area contributed by atoms with Gasteiger partial charge in [-0.3, -0.25) is 4.98 Å². The van der Waals surface area contributed by atoms with Gasteiger partial charge in [0, 0.05) is 11.6 Å². The third kappa shape index (κ3) is 2.12. The van der Waals surface area contributed by atoms with E-state index in [-0.39, 0.29) is 0 Å². The first kappa shape index (κ1) is 11.5. The predicted octanol–water partition coefficient (Wildman–Crippen LogP) is 2.07. The zero-order chi connectivity index (χ0) is 12.4. The van der Waals surface area contributed by atoms with Gasteiger partial charge in [0.1, 0.15) is 0 Å². The molecule has 0 saturated heterocycles. The zero-order valence-electron chi connectivity index (χ0n) is 9.68. The molecular weight excluding hydrogens is 218 g/mol. The third-order valence-corrected chi connectivity index (χ3v) is 2.65. The van der Waals surface area contributed by atoms with Crippen LogP contribution >= 0.6 is 0 Å². The molecule has 0 unspecified atom stereocenters. The molecule has 0 fully saturated rings. The fourth-order valence-electron chi connectivity index (χ4n) is 1.71. The second-order valence-electron chi connectivity index (χ2n) is 3.80. The Morgan fingerprint density at radius 3 is 2.82 bits per heavy atom. The Morgan fingerprint density at radius 1 is 1.41 bits per heavy atom. The van der Waals surface area contributed by atoms with Crippen molar-refractivity contribution in [3.8, 4) is 0 Å². The molecule has 0 spiro atoms. The number of hydrogen-bond acceptors (Lipinski definition) is 4. The smallest absolute Gasteiger partial charge is 0.338 e. The summed E-state index contributed by atoms with van der Waals surface area (Å²) in [6, 6.07) is 6.95. The Balaban J connectivity index is 2.68. The van der Waals surface area contributed by atoms with Crippen LogP contribution in [0.5, 0.6) is 0 Å². The quantitative estimate of drug-likeness (QED) is 0.804. The Kier molecular flexibility index (Phi) is 3.06. The van der Waals surface area contributed by atoms with Crippen LogP contribution in [0, 0.1) is 0 Å². The van der Waals surface area contributed by atoms with Gasteiger partial charge in [-0.2, -0.15) is 0 Å². The minimum atomic E-state index is -0.579. The van der Waals surface area contributed by atoms with Gasteiger partial charge >= 0.3 is 5.97 Å². The zero-order valence-corrected chi connectivity index (χ0v) is 9.68. The molecule has 1 aromatic heterocycles. The van der Waals surface area contributed by atoms with E-state index in [1.807, 2.05) is 0 Å². The fourth-order valence-corrected chi connectivity index (χ4v) is 1.71. The van der Waals surface area contributed by atoms with Crippen molar-refractivity contribution in [3.05, 3.63) is 41.6 Å². The lowest BCUT2D eigenvalue weighted by atomic mass is 10.0. The van der Waals surface area contributed by atoms with Crippen LogP contribution in [0.2, 0.25) is 0 Å². The highest BCUT2D eigenvalue weighted by atomic mass is 16.5. The maximum Gasteiger partial charge on any atom is 0.338 e. The van der Waals surface area contributed by atoms with Crippen molar-refractivity contribution in [1.82, 2.24) is 4.98 Å². The van der Waals surface area contributed by atoms with Crippen LogP contribution in [0.15, 0.2) is 30.5 Å². The number of esters is 1. The molecule has 0 aliphatic rings. The lowest BCUT2D eigenvalue weighted by Gasteiger charge is -2.08. The molecule has 4 nitrogen and oxygen atoms in total. The summed E-state index contributed by atoms with van der Waals surface area (Å²) in [7, 11) is 1.34. The Morgan fingerprint density at radius 2 is 2.18 bits per heavy atom. The summed E-state index contributed by atoms with van der Waals surface area (Å²) >= 11 is 0. The summed E-state index contributed by atoms with van der Waals surface area (Å²) in [5.41, 5.74) is 1.91. The van der Waals surface area contributed by atoms with Crippen LogP contribution in [-0.4, -0.2) is 23.2 Å². The van der Waals surface area contributed by atoms with Crippen molar-refractivity contribution >= 4 is 16.9 Å². The van der Waals surface area contributed by atoms with E-state index in [1.54, 1.807) is 37.4 Å². The first-order valence-corrected chi connectivity index (χ1v) is 5.28. The van der Waals surface area contributed by atoms with Gasteiger partial charge in [0.2, 0.25) is 0 Å². The molecule has 0 radical (unpaired) electrons. The van der Waals surface area contributed by atoms with Gasteiger partial charge in [0.15, 0.2) is 0 Å². The van der Waals surface area contributed by atoms with E-state index >= 15 is 0 Å². The number of fused-ring (bicyclic) bond motifs is 1. The van der Waals surface area contributed by atoms with Crippen molar-refractivity contribution in [2.24, 2.45) is 0 Å². The second-order valence-corrected chi connectivity index (χ2v) is 3.80. The van der Waals surface area contributed by atoms with Crippen LogP contribution < -0.4 is 0 Å². The lowest BCUT2D eigenvalue weighted by molar-refractivity contribution is 0.0603. The first-order valence-electron chi connectivity index (χ1n) is 5.28. The Labute approximate surface area is 98.9 Å². The summed E-state index contributed by atoms with van der Waals surface area (Å²) in [6.07, 6.45) is 0.987. The standard InChI is InChI=1S/C13H13NO3/c1-8(15)9-3-4-12-11(7-9)10(5-6-14-12)13(16)17-2/h3-8,15H,1-2H3/t8-/m1/s1. The highest BCUT2D eigenvalue weighted by Gasteiger charge is 2.12. The minimum absolute atomic E-state index is 0.403. The van der Waals surface area contributed by atoms with Crippen molar-refractivity contribution in [2.45, 2.75) is 13.0 Å². The number of hydrogen-bond donors (Lipinski definition) is 1. The monoisotopic (exact) mass is 231 g/mol. The van der Waals surface area contributed by atoms with E-state index in [1.165, 1.54) is 7.11 Å². The number of aliphatic hydroxyl groups is 1. The van der Waals surface area contributed by atoms with Crippen LogP contribution in [0.4, 0.5) is 0 Å². The molecule has 1 heterocycles. The maximum atomic E-state index is 11.6. The van der Waals surface area contributed by atoms with Gasteiger partial charge in [0.05, 0.1) is 24.3 Å². The molecule has 2 rings (SSSR count). The van der Waals surface area contributed by atoms with Crippen LogP contribution in [0.3, 0.4) is 0 Å². The van der Waals surface area contributed by atoms with E-state index in [9.17, 15) is 9.90 Å². The van der Waals surface area contributed by atoms with Crippen LogP contribution in [-0.2, 0) is 4.74 Å². The highest BCUT2D eigenvalue weighted by Crippen LogP contribution is 2.22. The molecule has 0 saturated carbocycles. The average molecular weight is 231 g/mol. The number of aliphatic hydroxyl groups excluding tert-OH is 1. The van der Waals surface area contributed by atoms with Gasteiger partial charge in [-0.1, -0.05) is 6.07 Å². The molecule has 4 heteroatoms. The number of carbonyl (C=O) groups excluding carboxylic acids is 1. The minimum Gasteiger partial charge on any atom is -0.465 e. The van der Waals surface area contributed by atoms with Crippen molar-refractivity contribution in [1.29, 1.82) is 0 Å². The van der Waals surface area contributed by atoms with Gasteiger partial charge in [-0.05, 0) is 30.7 Å². The molecule has 0 amide bonds. The largest absolute Gasteiger partial charge is 0.465 e. The molecule has 0 aliphatic carbocycles. The lowest BCUT2D eigenvalue weighted by Crippen LogP contribution is -2.03. The van der Waals surface area contributed by atoms with Crippen molar-refractivity contribution in [2.75, 3.05) is 7.11 Å². The Bertz CT molecular complexity index is 564. The molecular formula is C13H13NO3.